The first kappa shape index (κ1) is 17.4. The van der Waals surface area contributed by atoms with Crippen LogP contribution < -0.4 is 5.32 Å². The molecule has 1 saturated heterocycles. The fourth-order valence-electron chi connectivity index (χ4n) is 2.51. The molecule has 0 atom stereocenters. The van der Waals surface area contributed by atoms with Gasteiger partial charge in [-0.1, -0.05) is 12.1 Å². The predicted octanol–water partition coefficient (Wildman–Crippen LogP) is 1.24. The van der Waals surface area contributed by atoms with E-state index in [9.17, 15) is 14.0 Å². The third-order valence-electron chi connectivity index (χ3n) is 4.26. The Balaban J connectivity index is 1.93. The predicted molar refractivity (Wildman–Crippen MR) is 86.1 cm³/mol. The number of halogens is 1. The molecule has 1 fully saturated rings. The zero-order valence-corrected chi connectivity index (χ0v) is 13.9. The molecule has 1 aliphatic rings. The molecular weight excluding hydrogens is 297 g/mol. The third kappa shape index (κ3) is 4.28. The van der Waals surface area contributed by atoms with E-state index in [1.165, 1.54) is 12.1 Å². The van der Waals surface area contributed by atoms with Crippen molar-refractivity contribution in [3.63, 3.8) is 0 Å². The van der Waals surface area contributed by atoms with Crippen molar-refractivity contribution in [2.45, 2.75) is 20.4 Å². The second kappa shape index (κ2) is 7.08. The van der Waals surface area contributed by atoms with Crippen LogP contribution in [-0.2, 0) is 16.1 Å². The Hall–Kier alpha value is -1.95. The molecule has 1 aromatic carbocycles. The molecule has 1 heterocycles. The molecule has 126 valence electrons. The Kier molecular flexibility index (Phi) is 5.36. The number of nitrogens with one attached hydrogen (secondary N) is 1. The molecule has 0 spiro atoms. The van der Waals surface area contributed by atoms with E-state index in [0.717, 1.165) is 18.7 Å². The monoisotopic (exact) mass is 321 g/mol. The standard InChI is InChI=1S/C17H24FN3O2/c1-17(2,16(23)21-10-8-20(3)9-11-21)15(22)19-12-13-4-6-14(18)7-5-13/h4-7H,8-12H2,1-3H3,(H,19,22). The van der Waals surface area contributed by atoms with Gasteiger partial charge in [-0.3, -0.25) is 9.59 Å². The van der Waals surface area contributed by atoms with Gasteiger partial charge in [0.15, 0.2) is 0 Å². The van der Waals surface area contributed by atoms with Gasteiger partial charge in [-0.05, 0) is 38.6 Å². The molecule has 1 N–H and O–H groups in total. The highest BCUT2D eigenvalue weighted by Gasteiger charge is 2.39. The van der Waals surface area contributed by atoms with Crippen LogP contribution in [0.4, 0.5) is 4.39 Å². The maximum atomic E-state index is 12.9. The highest BCUT2D eigenvalue weighted by atomic mass is 19.1. The average Bonchev–Trinajstić information content (AvgIpc) is 2.54. The van der Waals surface area contributed by atoms with Gasteiger partial charge in [0, 0.05) is 32.7 Å². The number of carbonyl (C=O) groups excluding carboxylic acids is 2. The van der Waals surface area contributed by atoms with Crippen LogP contribution in [0.2, 0.25) is 0 Å². The normalized spacial score (nSPS) is 16.3. The molecular formula is C17H24FN3O2. The number of rotatable bonds is 4. The lowest BCUT2D eigenvalue weighted by Gasteiger charge is -2.36. The Morgan fingerprint density at radius 3 is 2.26 bits per heavy atom. The molecule has 2 amide bonds. The highest BCUT2D eigenvalue weighted by molar-refractivity contribution is 6.04. The van der Waals surface area contributed by atoms with Crippen molar-refractivity contribution in [3.8, 4) is 0 Å². The first-order chi connectivity index (χ1) is 10.8. The molecule has 0 unspecified atom stereocenters. The number of benzene rings is 1. The Morgan fingerprint density at radius 2 is 1.70 bits per heavy atom. The van der Waals surface area contributed by atoms with Crippen molar-refractivity contribution in [3.05, 3.63) is 35.6 Å². The number of piperazine rings is 1. The maximum absolute atomic E-state index is 12.9. The van der Waals surface area contributed by atoms with E-state index < -0.39 is 5.41 Å². The summed E-state index contributed by atoms with van der Waals surface area (Å²) < 4.78 is 12.9. The Bertz CT molecular complexity index is 564. The fourth-order valence-corrected chi connectivity index (χ4v) is 2.51. The lowest BCUT2D eigenvalue weighted by atomic mass is 9.90. The number of hydrogen-bond acceptors (Lipinski definition) is 3. The summed E-state index contributed by atoms with van der Waals surface area (Å²) in [5.41, 5.74) is -0.321. The van der Waals surface area contributed by atoms with Crippen molar-refractivity contribution in [1.82, 2.24) is 15.1 Å². The molecule has 1 aromatic rings. The molecule has 0 radical (unpaired) electrons. The van der Waals surface area contributed by atoms with Crippen LogP contribution >= 0.6 is 0 Å². The lowest BCUT2D eigenvalue weighted by molar-refractivity contribution is -0.149. The summed E-state index contributed by atoms with van der Waals surface area (Å²) in [7, 11) is 2.02. The summed E-state index contributed by atoms with van der Waals surface area (Å²) in [6.07, 6.45) is 0. The van der Waals surface area contributed by atoms with Gasteiger partial charge in [-0.15, -0.1) is 0 Å². The minimum atomic E-state index is -1.12. The smallest absolute Gasteiger partial charge is 0.237 e. The molecule has 23 heavy (non-hydrogen) atoms. The van der Waals surface area contributed by atoms with Crippen LogP contribution in [0.3, 0.4) is 0 Å². The summed E-state index contributed by atoms with van der Waals surface area (Å²) in [4.78, 5) is 28.9. The first-order valence-corrected chi connectivity index (χ1v) is 7.81. The molecule has 6 heteroatoms. The Morgan fingerprint density at radius 1 is 1.13 bits per heavy atom. The molecule has 2 rings (SSSR count). The summed E-state index contributed by atoms with van der Waals surface area (Å²) in [6.45, 7) is 6.49. The number of hydrogen-bond donors (Lipinski definition) is 1. The first-order valence-electron chi connectivity index (χ1n) is 7.81. The van der Waals surface area contributed by atoms with Crippen LogP contribution in [0.1, 0.15) is 19.4 Å². The van der Waals surface area contributed by atoms with Gasteiger partial charge in [0.2, 0.25) is 11.8 Å². The third-order valence-corrected chi connectivity index (χ3v) is 4.26. The maximum Gasteiger partial charge on any atom is 0.237 e. The van der Waals surface area contributed by atoms with Gasteiger partial charge < -0.3 is 15.1 Å². The van der Waals surface area contributed by atoms with E-state index in [0.29, 0.717) is 13.1 Å². The van der Waals surface area contributed by atoms with Crippen molar-refractivity contribution < 1.29 is 14.0 Å². The fraction of sp³-hybridized carbons (Fsp3) is 0.529. The molecule has 5 nitrogen and oxygen atoms in total. The SMILES string of the molecule is CN1CCN(C(=O)C(C)(C)C(=O)NCc2ccc(F)cc2)CC1. The van der Waals surface area contributed by atoms with Gasteiger partial charge in [-0.25, -0.2) is 4.39 Å². The van der Waals surface area contributed by atoms with E-state index >= 15 is 0 Å². The molecule has 0 aliphatic carbocycles. The van der Waals surface area contributed by atoms with E-state index in [1.54, 1.807) is 30.9 Å². The van der Waals surface area contributed by atoms with Crippen LogP contribution in [0.25, 0.3) is 0 Å². The summed E-state index contributed by atoms with van der Waals surface area (Å²) in [5.74, 6) is -0.779. The van der Waals surface area contributed by atoms with Crippen LogP contribution in [-0.4, -0.2) is 54.8 Å². The van der Waals surface area contributed by atoms with Crippen molar-refractivity contribution in [1.29, 1.82) is 0 Å². The topological polar surface area (TPSA) is 52.7 Å². The molecule has 0 saturated carbocycles. The number of amides is 2. The van der Waals surface area contributed by atoms with Gasteiger partial charge >= 0.3 is 0 Å². The van der Waals surface area contributed by atoms with E-state index in [2.05, 4.69) is 10.2 Å². The molecule has 0 aromatic heterocycles. The highest BCUT2D eigenvalue weighted by Crippen LogP contribution is 2.20. The zero-order chi connectivity index (χ0) is 17.0. The van der Waals surface area contributed by atoms with E-state index in [4.69, 9.17) is 0 Å². The average molecular weight is 321 g/mol. The number of carbonyl (C=O) groups is 2. The quantitative estimate of drug-likeness (QED) is 0.849. The molecule has 1 aliphatic heterocycles. The van der Waals surface area contributed by atoms with Crippen molar-refractivity contribution in [2.24, 2.45) is 5.41 Å². The number of nitrogens with zero attached hydrogens (tertiary/aromatic N) is 2. The van der Waals surface area contributed by atoms with E-state index in [1.807, 2.05) is 7.05 Å². The molecule has 0 bridgehead atoms. The minimum Gasteiger partial charge on any atom is -0.351 e. The second-order valence-corrected chi connectivity index (χ2v) is 6.53. The van der Waals surface area contributed by atoms with Crippen LogP contribution in [0.15, 0.2) is 24.3 Å². The van der Waals surface area contributed by atoms with Gasteiger partial charge in [0.1, 0.15) is 11.2 Å². The second-order valence-electron chi connectivity index (χ2n) is 6.53. The zero-order valence-electron chi connectivity index (χ0n) is 13.9. The van der Waals surface area contributed by atoms with Crippen molar-refractivity contribution >= 4 is 11.8 Å². The van der Waals surface area contributed by atoms with Crippen LogP contribution in [0.5, 0.6) is 0 Å². The van der Waals surface area contributed by atoms with Gasteiger partial charge in [0.05, 0.1) is 0 Å². The minimum absolute atomic E-state index is 0.151. The van der Waals surface area contributed by atoms with Gasteiger partial charge in [0.25, 0.3) is 0 Å². The Labute approximate surface area is 136 Å². The number of likely N-dealkylation sites (N-methyl/N-ethyl adjacent to an activating group) is 1. The van der Waals surface area contributed by atoms with E-state index in [-0.39, 0.29) is 24.2 Å². The summed E-state index contributed by atoms with van der Waals surface area (Å²) in [6, 6.07) is 5.93. The van der Waals surface area contributed by atoms with Crippen molar-refractivity contribution in [2.75, 3.05) is 33.2 Å². The summed E-state index contributed by atoms with van der Waals surface area (Å²) in [5, 5.41) is 2.77. The lowest BCUT2D eigenvalue weighted by Crippen LogP contribution is -2.54. The van der Waals surface area contributed by atoms with Crippen LogP contribution in [0, 0.1) is 11.2 Å². The largest absolute Gasteiger partial charge is 0.351 e. The van der Waals surface area contributed by atoms with Gasteiger partial charge in [-0.2, -0.15) is 0 Å². The summed E-state index contributed by atoms with van der Waals surface area (Å²) >= 11 is 0.